The van der Waals surface area contributed by atoms with E-state index in [1.54, 1.807) is 6.92 Å². The van der Waals surface area contributed by atoms with Crippen LogP contribution in [0.25, 0.3) is 0 Å². The van der Waals surface area contributed by atoms with Crippen LogP contribution in [0.15, 0.2) is 24.4 Å². The van der Waals surface area contributed by atoms with E-state index in [2.05, 4.69) is 15.0 Å². The number of ether oxygens (including phenoxy) is 1. The maximum Gasteiger partial charge on any atom is 0.433 e. The molecule has 0 aliphatic carbocycles. The number of aryl methyl sites for hydroxylation is 1. The second-order valence-corrected chi connectivity index (χ2v) is 7.60. The molecular weight excluding hydrogens is 433 g/mol. The lowest BCUT2D eigenvalue weighted by Crippen LogP contribution is -2.41. The zero-order chi connectivity index (χ0) is 23.5. The second kappa shape index (κ2) is 9.25. The summed E-state index contributed by atoms with van der Waals surface area (Å²) >= 11 is 0. The van der Waals surface area contributed by atoms with Gasteiger partial charge in [0.1, 0.15) is 23.7 Å². The first kappa shape index (κ1) is 23.7. The number of likely N-dealkylation sites (tertiary alicyclic amines) is 1. The highest BCUT2D eigenvalue weighted by Crippen LogP contribution is 2.34. The first-order chi connectivity index (χ1) is 15.0. The van der Waals surface area contributed by atoms with E-state index in [1.807, 2.05) is 0 Å². The summed E-state index contributed by atoms with van der Waals surface area (Å²) in [6.45, 7) is 0.820. The highest BCUT2D eigenvalue weighted by Gasteiger charge is 2.37. The van der Waals surface area contributed by atoms with E-state index in [0.29, 0.717) is 24.4 Å². The monoisotopic (exact) mass is 456 g/mol. The summed E-state index contributed by atoms with van der Waals surface area (Å²) < 4.78 is 44.0. The van der Waals surface area contributed by atoms with Crippen LogP contribution in [0.2, 0.25) is 0 Å². The van der Waals surface area contributed by atoms with Crippen molar-refractivity contribution in [1.82, 2.24) is 19.9 Å². The van der Waals surface area contributed by atoms with Crippen LogP contribution < -0.4 is 4.74 Å². The number of hydrogen-bond donors (Lipinski definition) is 3. The minimum absolute atomic E-state index is 0.173. The Bertz CT molecular complexity index is 966. The average molecular weight is 456 g/mol. The van der Waals surface area contributed by atoms with Gasteiger partial charge in [0.15, 0.2) is 0 Å². The number of carbonyl (C=O) groups is 1. The number of alkyl halides is 3. The Morgan fingerprint density at radius 1 is 1.25 bits per heavy atom. The van der Waals surface area contributed by atoms with Gasteiger partial charge in [0.05, 0.1) is 12.3 Å². The lowest BCUT2D eigenvalue weighted by atomic mass is 9.85. The molecule has 3 rings (SSSR count). The third kappa shape index (κ3) is 5.25. The van der Waals surface area contributed by atoms with Gasteiger partial charge < -0.3 is 25.0 Å². The van der Waals surface area contributed by atoms with Gasteiger partial charge in [0.25, 0.3) is 0 Å². The molecule has 1 atom stereocenters. The third-order valence-corrected chi connectivity index (χ3v) is 5.33. The molecule has 1 fully saturated rings. The lowest BCUT2D eigenvalue weighted by Gasteiger charge is -2.33. The fourth-order valence-corrected chi connectivity index (χ4v) is 3.56. The minimum atomic E-state index is -4.66. The van der Waals surface area contributed by atoms with Crippen LogP contribution in [-0.4, -0.2) is 67.6 Å². The van der Waals surface area contributed by atoms with Crippen LogP contribution in [0, 0.1) is 6.92 Å². The molecule has 1 aliphatic heterocycles. The van der Waals surface area contributed by atoms with Crippen LogP contribution >= 0.6 is 0 Å². The Morgan fingerprint density at radius 2 is 1.94 bits per heavy atom. The van der Waals surface area contributed by atoms with Crippen molar-refractivity contribution in [2.45, 2.75) is 37.5 Å². The summed E-state index contributed by atoms with van der Waals surface area (Å²) in [7, 11) is 0. The van der Waals surface area contributed by atoms with Crippen molar-refractivity contribution in [3.63, 3.8) is 0 Å². The predicted octanol–water partition coefficient (Wildman–Crippen LogP) is 2.32. The van der Waals surface area contributed by atoms with E-state index < -0.39 is 36.8 Å². The SMILES string of the molecule is Cc1ncc(C(O)(CO)COc2cccc(C(F)(F)F)n2)c(C2CCN(C(=O)O)CC2)n1. The molecule has 32 heavy (non-hydrogen) atoms. The Morgan fingerprint density at radius 3 is 2.53 bits per heavy atom. The number of aliphatic hydroxyl groups excluding tert-OH is 1. The average Bonchev–Trinajstić information content (AvgIpc) is 2.77. The first-order valence-electron chi connectivity index (χ1n) is 9.85. The second-order valence-electron chi connectivity index (χ2n) is 7.60. The van der Waals surface area contributed by atoms with E-state index in [0.717, 1.165) is 12.1 Å². The van der Waals surface area contributed by atoms with E-state index in [4.69, 9.17) is 9.84 Å². The van der Waals surface area contributed by atoms with Crippen LogP contribution in [-0.2, 0) is 11.8 Å². The molecule has 1 amide bonds. The number of pyridine rings is 1. The van der Waals surface area contributed by atoms with Crippen molar-refractivity contribution in [3.8, 4) is 5.88 Å². The number of hydrogen-bond acceptors (Lipinski definition) is 7. The Labute approximate surface area is 181 Å². The number of aromatic nitrogens is 3. The van der Waals surface area contributed by atoms with Gasteiger partial charge >= 0.3 is 12.3 Å². The quantitative estimate of drug-likeness (QED) is 0.604. The standard InChI is InChI=1S/C20H23F3N4O5/c1-12-24-9-14(17(25-12)13-5-7-27(8-6-13)18(29)30)19(31,10-28)11-32-16-4-2-3-15(26-16)20(21,22)23/h2-4,9,13,28,31H,5-8,10-11H2,1H3,(H,29,30). The smallest absolute Gasteiger partial charge is 0.433 e. The summed E-state index contributed by atoms with van der Waals surface area (Å²) in [6.07, 6.45) is -3.42. The topological polar surface area (TPSA) is 129 Å². The van der Waals surface area contributed by atoms with E-state index in [-0.39, 0.29) is 30.5 Å². The molecular formula is C20H23F3N4O5. The summed E-state index contributed by atoms with van der Waals surface area (Å²) in [5.41, 5.74) is -2.54. The van der Waals surface area contributed by atoms with Crippen LogP contribution in [0.4, 0.5) is 18.0 Å². The van der Waals surface area contributed by atoms with Gasteiger partial charge in [-0.25, -0.2) is 19.7 Å². The molecule has 0 aromatic carbocycles. The Hall–Kier alpha value is -2.99. The molecule has 2 aromatic heterocycles. The van der Waals surface area contributed by atoms with E-state index in [9.17, 15) is 28.2 Å². The molecule has 0 saturated carbocycles. The maximum atomic E-state index is 12.9. The molecule has 1 aliphatic rings. The van der Waals surface area contributed by atoms with Gasteiger partial charge in [0, 0.05) is 36.8 Å². The number of piperidine rings is 1. The number of amides is 1. The zero-order valence-electron chi connectivity index (χ0n) is 17.2. The van der Waals surface area contributed by atoms with Crippen molar-refractivity contribution in [3.05, 3.63) is 47.2 Å². The molecule has 0 spiro atoms. The highest BCUT2D eigenvalue weighted by molar-refractivity contribution is 5.65. The fraction of sp³-hybridized carbons (Fsp3) is 0.500. The van der Waals surface area contributed by atoms with Crippen molar-refractivity contribution < 1.29 is 38.0 Å². The number of halogens is 3. The molecule has 0 radical (unpaired) electrons. The van der Waals surface area contributed by atoms with Crippen molar-refractivity contribution in [2.24, 2.45) is 0 Å². The molecule has 3 N–H and O–H groups in total. The first-order valence-corrected chi connectivity index (χ1v) is 9.85. The van der Waals surface area contributed by atoms with Gasteiger partial charge in [-0.2, -0.15) is 13.2 Å². The van der Waals surface area contributed by atoms with Crippen molar-refractivity contribution >= 4 is 6.09 Å². The van der Waals surface area contributed by atoms with Gasteiger partial charge in [-0.05, 0) is 25.8 Å². The van der Waals surface area contributed by atoms with E-state index in [1.165, 1.54) is 17.2 Å². The normalized spacial score (nSPS) is 17.1. The Balaban J connectivity index is 1.84. The van der Waals surface area contributed by atoms with Gasteiger partial charge in [-0.3, -0.25) is 0 Å². The van der Waals surface area contributed by atoms with Crippen LogP contribution in [0.1, 0.15) is 41.5 Å². The fourth-order valence-electron chi connectivity index (χ4n) is 3.56. The Kier molecular flexibility index (Phi) is 6.84. The molecule has 0 bridgehead atoms. The maximum absolute atomic E-state index is 12.9. The summed E-state index contributed by atoms with van der Waals surface area (Å²) in [5.74, 6) is -0.145. The van der Waals surface area contributed by atoms with Gasteiger partial charge in [0.2, 0.25) is 5.88 Å². The molecule has 1 unspecified atom stereocenters. The summed E-state index contributed by atoms with van der Waals surface area (Å²) in [4.78, 5) is 24.3. The molecule has 12 heteroatoms. The summed E-state index contributed by atoms with van der Waals surface area (Å²) in [6, 6.07) is 3.13. The number of carboxylic acid groups (broad SMARTS) is 1. The van der Waals surface area contributed by atoms with Crippen molar-refractivity contribution in [2.75, 3.05) is 26.3 Å². The third-order valence-electron chi connectivity index (χ3n) is 5.33. The molecule has 1 saturated heterocycles. The molecule has 174 valence electrons. The van der Waals surface area contributed by atoms with Crippen LogP contribution in [0.5, 0.6) is 5.88 Å². The van der Waals surface area contributed by atoms with Crippen LogP contribution in [0.3, 0.4) is 0 Å². The number of rotatable bonds is 6. The highest BCUT2D eigenvalue weighted by atomic mass is 19.4. The lowest BCUT2D eigenvalue weighted by molar-refractivity contribution is -0.141. The largest absolute Gasteiger partial charge is 0.474 e. The predicted molar refractivity (Wildman–Crippen MR) is 104 cm³/mol. The number of aliphatic hydroxyl groups is 2. The molecule has 9 nitrogen and oxygen atoms in total. The summed E-state index contributed by atoms with van der Waals surface area (Å²) in [5, 5.41) is 30.2. The molecule has 3 heterocycles. The minimum Gasteiger partial charge on any atom is -0.474 e. The van der Waals surface area contributed by atoms with E-state index >= 15 is 0 Å². The van der Waals surface area contributed by atoms with Crippen molar-refractivity contribution in [1.29, 1.82) is 0 Å². The number of nitrogens with zero attached hydrogens (tertiary/aromatic N) is 4. The molecule has 2 aromatic rings. The zero-order valence-corrected chi connectivity index (χ0v) is 17.2. The van der Waals surface area contributed by atoms with Gasteiger partial charge in [-0.15, -0.1) is 0 Å². The van der Waals surface area contributed by atoms with Gasteiger partial charge in [-0.1, -0.05) is 6.07 Å².